The molecule has 0 fully saturated rings. The van der Waals surface area contributed by atoms with Gasteiger partial charge in [-0.1, -0.05) is 55.0 Å². The number of nitrogens with zero attached hydrogens (tertiary/aromatic N) is 1. The number of sulfonamides is 1. The van der Waals surface area contributed by atoms with E-state index in [0.717, 1.165) is 35.3 Å². The Morgan fingerprint density at radius 2 is 1.88 bits per heavy atom. The summed E-state index contributed by atoms with van der Waals surface area (Å²) in [6.45, 7) is 4.34. The van der Waals surface area contributed by atoms with E-state index in [1.54, 1.807) is 22.8 Å². The molecule has 2 aromatic carbocycles. The molecule has 0 bridgehead atoms. The third-order valence-corrected chi connectivity index (χ3v) is 6.74. The Morgan fingerprint density at radius 3 is 2.58 bits per heavy atom. The molecule has 1 aromatic heterocycles. The summed E-state index contributed by atoms with van der Waals surface area (Å²) >= 11 is 1.07. The Hall–Kier alpha value is -1.96. The molecule has 3 aromatic rings. The lowest BCUT2D eigenvalue weighted by Crippen LogP contribution is -2.32. The van der Waals surface area contributed by atoms with Crippen molar-refractivity contribution in [2.75, 3.05) is 0 Å². The van der Waals surface area contributed by atoms with E-state index in [2.05, 4.69) is 4.72 Å². The van der Waals surface area contributed by atoms with Crippen LogP contribution in [-0.2, 0) is 16.6 Å². The van der Waals surface area contributed by atoms with Gasteiger partial charge in [0.05, 0.1) is 21.7 Å². The van der Waals surface area contributed by atoms with Gasteiger partial charge in [0.25, 0.3) is 0 Å². The number of aromatic nitrogens is 1. The first kappa shape index (κ1) is 18.8. The van der Waals surface area contributed by atoms with Crippen LogP contribution in [-0.4, -0.2) is 19.0 Å². The minimum Gasteiger partial charge on any atom is -0.294 e. The number of nitrogens with one attached hydrogen (secondary N) is 1. The minimum atomic E-state index is -3.59. The zero-order valence-electron chi connectivity index (χ0n) is 14.8. The van der Waals surface area contributed by atoms with Crippen LogP contribution in [0.1, 0.15) is 32.3 Å². The molecule has 1 N–H and O–H groups in total. The molecular formula is C19H22N2O3S2. The van der Waals surface area contributed by atoms with Crippen molar-refractivity contribution in [3.05, 3.63) is 63.8 Å². The Labute approximate surface area is 157 Å². The monoisotopic (exact) mass is 390 g/mol. The minimum absolute atomic E-state index is 0.0919. The number of thiazole rings is 1. The largest absolute Gasteiger partial charge is 0.308 e. The van der Waals surface area contributed by atoms with Gasteiger partial charge in [0.2, 0.25) is 10.0 Å². The molecule has 0 radical (unpaired) electrons. The maximum Gasteiger partial charge on any atom is 0.308 e. The van der Waals surface area contributed by atoms with E-state index >= 15 is 0 Å². The third-order valence-electron chi connectivity index (χ3n) is 4.21. The van der Waals surface area contributed by atoms with Crippen LogP contribution in [0.4, 0.5) is 0 Å². The van der Waals surface area contributed by atoms with Gasteiger partial charge in [0, 0.05) is 6.04 Å². The summed E-state index contributed by atoms with van der Waals surface area (Å²) in [6, 6.07) is 14.5. The number of benzene rings is 2. The normalized spacial score (nSPS) is 13.2. The van der Waals surface area contributed by atoms with Gasteiger partial charge in [-0.25, -0.2) is 13.1 Å². The Kier molecular flexibility index (Phi) is 5.60. The van der Waals surface area contributed by atoms with E-state index in [9.17, 15) is 13.2 Å². The van der Waals surface area contributed by atoms with Crippen LogP contribution in [0.3, 0.4) is 0 Å². The number of hydrogen-bond donors (Lipinski definition) is 1. The summed E-state index contributed by atoms with van der Waals surface area (Å²) in [5.41, 5.74) is 1.78. The fraction of sp³-hybridized carbons (Fsp3) is 0.316. The first-order valence-corrected chi connectivity index (χ1v) is 10.9. The maximum atomic E-state index is 12.6. The van der Waals surface area contributed by atoms with Gasteiger partial charge in [-0.15, -0.1) is 0 Å². The highest BCUT2D eigenvalue weighted by Crippen LogP contribution is 2.23. The first-order chi connectivity index (χ1) is 12.4. The average molecular weight is 391 g/mol. The molecule has 5 nitrogen and oxygen atoms in total. The van der Waals surface area contributed by atoms with Crippen LogP contribution in [0.2, 0.25) is 0 Å². The van der Waals surface area contributed by atoms with Gasteiger partial charge < -0.3 is 0 Å². The van der Waals surface area contributed by atoms with E-state index in [-0.39, 0.29) is 15.8 Å². The molecule has 0 aliphatic heterocycles. The van der Waals surface area contributed by atoms with Crippen molar-refractivity contribution < 1.29 is 8.42 Å². The van der Waals surface area contributed by atoms with Crippen LogP contribution < -0.4 is 9.60 Å². The number of hydrogen-bond acceptors (Lipinski definition) is 4. The molecular weight excluding hydrogens is 368 g/mol. The number of rotatable bonds is 7. The van der Waals surface area contributed by atoms with Crippen molar-refractivity contribution in [1.82, 2.24) is 9.29 Å². The van der Waals surface area contributed by atoms with Crippen LogP contribution in [0, 0.1) is 0 Å². The van der Waals surface area contributed by atoms with E-state index in [4.69, 9.17) is 0 Å². The van der Waals surface area contributed by atoms with Crippen molar-refractivity contribution in [3.63, 3.8) is 0 Å². The summed E-state index contributed by atoms with van der Waals surface area (Å²) in [5.74, 6) is 0. The Bertz CT molecular complexity index is 1050. The van der Waals surface area contributed by atoms with Crippen LogP contribution in [0.25, 0.3) is 10.2 Å². The smallest absolute Gasteiger partial charge is 0.294 e. The van der Waals surface area contributed by atoms with Gasteiger partial charge in [-0.05, 0) is 37.1 Å². The fourth-order valence-electron chi connectivity index (χ4n) is 2.95. The van der Waals surface area contributed by atoms with Crippen LogP contribution in [0.15, 0.2) is 58.2 Å². The lowest BCUT2D eigenvalue weighted by molar-refractivity contribution is 0.544. The predicted octanol–water partition coefficient (Wildman–Crippen LogP) is 3.58. The molecule has 7 heteroatoms. The van der Waals surface area contributed by atoms with E-state index in [0.29, 0.717) is 11.2 Å². The molecule has 1 heterocycles. The van der Waals surface area contributed by atoms with Crippen molar-refractivity contribution in [2.24, 2.45) is 0 Å². The van der Waals surface area contributed by atoms with Gasteiger partial charge >= 0.3 is 4.87 Å². The fourth-order valence-corrected chi connectivity index (χ4v) is 5.26. The quantitative estimate of drug-likeness (QED) is 0.670. The zero-order valence-corrected chi connectivity index (χ0v) is 16.4. The molecule has 3 rings (SSSR count). The summed E-state index contributed by atoms with van der Waals surface area (Å²) in [4.78, 5) is 12.5. The maximum absolute atomic E-state index is 12.6. The van der Waals surface area contributed by atoms with Crippen molar-refractivity contribution >= 4 is 31.6 Å². The standard InChI is InChI=1S/C19H22N2O3S2/c1-3-7-14(2)20-26(23,24)16-10-11-17-18(12-16)25-19(22)21(17)13-15-8-5-4-6-9-15/h4-6,8-12,14,20H,3,7,13H2,1-2H3. The molecule has 138 valence electrons. The van der Waals surface area contributed by atoms with Gasteiger partial charge in [0.15, 0.2) is 0 Å². The molecule has 0 saturated carbocycles. The SMILES string of the molecule is CCCC(C)NS(=O)(=O)c1ccc2c(c1)sc(=O)n2Cc1ccccc1. The van der Waals surface area contributed by atoms with E-state index in [1.807, 2.05) is 44.2 Å². The summed E-state index contributed by atoms with van der Waals surface area (Å²) in [5, 5.41) is 0. The summed E-state index contributed by atoms with van der Waals surface area (Å²) in [7, 11) is -3.59. The van der Waals surface area contributed by atoms with Crippen molar-refractivity contribution in [2.45, 2.75) is 44.2 Å². The molecule has 0 saturated heterocycles. The van der Waals surface area contributed by atoms with Gasteiger partial charge in [-0.3, -0.25) is 9.36 Å². The van der Waals surface area contributed by atoms with Gasteiger partial charge in [-0.2, -0.15) is 0 Å². The molecule has 26 heavy (non-hydrogen) atoms. The predicted molar refractivity (Wildman–Crippen MR) is 106 cm³/mol. The Morgan fingerprint density at radius 1 is 1.15 bits per heavy atom. The summed E-state index contributed by atoms with van der Waals surface area (Å²) < 4.78 is 30.2. The second kappa shape index (κ2) is 7.73. The summed E-state index contributed by atoms with van der Waals surface area (Å²) in [6.07, 6.45) is 1.69. The van der Waals surface area contributed by atoms with E-state index in [1.165, 1.54) is 0 Å². The molecule has 0 aliphatic carbocycles. The zero-order chi connectivity index (χ0) is 18.7. The lowest BCUT2D eigenvalue weighted by atomic mass is 10.2. The molecule has 0 spiro atoms. The van der Waals surface area contributed by atoms with E-state index < -0.39 is 10.0 Å². The molecule has 0 amide bonds. The van der Waals surface area contributed by atoms with Crippen LogP contribution in [0.5, 0.6) is 0 Å². The molecule has 0 aliphatic rings. The van der Waals surface area contributed by atoms with Crippen molar-refractivity contribution in [3.8, 4) is 0 Å². The second-order valence-electron chi connectivity index (χ2n) is 6.38. The highest BCUT2D eigenvalue weighted by molar-refractivity contribution is 7.89. The van der Waals surface area contributed by atoms with Crippen LogP contribution >= 0.6 is 11.3 Å². The topological polar surface area (TPSA) is 68.2 Å². The van der Waals surface area contributed by atoms with Gasteiger partial charge in [0.1, 0.15) is 0 Å². The third kappa shape index (κ3) is 4.06. The highest BCUT2D eigenvalue weighted by Gasteiger charge is 2.19. The average Bonchev–Trinajstić information content (AvgIpc) is 2.90. The lowest BCUT2D eigenvalue weighted by Gasteiger charge is -2.13. The number of fused-ring (bicyclic) bond motifs is 1. The van der Waals surface area contributed by atoms with Crippen molar-refractivity contribution in [1.29, 1.82) is 0 Å². The highest BCUT2D eigenvalue weighted by atomic mass is 32.2. The first-order valence-electron chi connectivity index (χ1n) is 8.60. The Balaban J connectivity index is 1.94. The molecule has 1 atom stereocenters. The second-order valence-corrected chi connectivity index (χ2v) is 9.09. The molecule has 1 unspecified atom stereocenters.